The molecule has 2 rings (SSSR count). The molecular weight excluding hydrogens is 286 g/mol. The standard InChI is InChI=1S/C15H25N3O2S/c1-12(2)5-6-13-7-10-18(11-8-13)15-14(21(16,19)20)4-3-9-17-15/h3-4,9,12-13H,5-8,10-11H2,1-2H3,(H2,16,19,20). The number of nitrogens with zero attached hydrogens (tertiary/aromatic N) is 2. The number of sulfonamides is 1. The zero-order valence-corrected chi connectivity index (χ0v) is 13.6. The van der Waals surface area contributed by atoms with Gasteiger partial charge in [-0.05, 0) is 36.8 Å². The zero-order valence-electron chi connectivity index (χ0n) is 12.8. The van der Waals surface area contributed by atoms with Crippen molar-refractivity contribution in [3.8, 4) is 0 Å². The summed E-state index contributed by atoms with van der Waals surface area (Å²) in [5.74, 6) is 1.99. The van der Waals surface area contributed by atoms with Crippen LogP contribution in [0.15, 0.2) is 23.2 Å². The summed E-state index contributed by atoms with van der Waals surface area (Å²) < 4.78 is 23.3. The first-order chi connectivity index (χ1) is 9.88. The number of hydrogen-bond donors (Lipinski definition) is 1. The lowest BCUT2D eigenvalue weighted by molar-refractivity contribution is 0.350. The molecule has 118 valence electrons. The maximum atomic E-state index is 11.6. The molecule has 0 aliphatic carbocycles. The summed E-state index contributed by atoms with van der Waals surface area (Å²) in [7, 11) is -3.72. The van der Waals surface area contributed by atoms with Gasteiger partial charge in [-0.2, -0.15) is 0 Å². The Balaban J connectivity index is 2.03. The van der Waals surface area contributed by atoms with E-state index in [0.29, 0.717) is 5.82 Å². The van der Waals surface area contributed by atoms with E-state index in [1.165, 1.54) is 18.9 Å². The lowest BCUT2D eigenvalue weighted by atomic mass is 9.90. The normalized spacial score (nSPS) is 17.4. The Morgan fingerprint density at radius 2 is 2.05 bits per heavy atom. The third kappa shape index (κ3) is 4.41. The highest BCUT2D eigenvalue weighted by Gasteiger charge is 2.24. The molecule has 1 aliphatic rings. The second-order valence-electron chi connectivity index (χ2n) is 6.27. The molecule has 0 amide bonds. The summed E-state index contributed by atoms with van der Waals surface area (Å²) in [6.45, 7) is 6.20. The van der Waals surface area contributed by atoms with Crippen molar-refractivity contribution in [1.29, 1.82) is 0 Å². The molecule has 0 spiro atoms. The Morgan fingerprint density at radius 1 is 1.38 bits per heavy atom. The average Bonchev–Trinajstić information content (AvgIpc) is 2.45. The minimum Gasteiger partial charge on any atom is -0.355 e. The van der Waals surface area contributed by atoms with E-state index < -0.39 is 10.0 Å². The van der Waals surface area contributed by atoms with E-state index in [-0.39, 0.29) is 4.90 Å². The predicted octanol–water partition coefficient (Wildman–Crippen LogP) is 2.38. The van der Waals surface area contributed by atoms with Crippen molar-refractivity contribution < 1.29 is 8.42 Å². The molecule has 6 heteroatoms. The summed E-state index contributed by atoms with van der Waals surface area (Å²) in [6, 6.07) is 3.14. The topological polar surface area (TPSA) is 76.3 Å². The molecule has 21 heavy (non-hydrogen) atoms. The summed E-state index contributed by atoms with van der Waals surface area (Å²) in [4.78, 5) is 6.41. The molecule has 0 radical (unpaired) electrons. The minimum absolute atomic E-state index is 0.130. The van der Waals surface area contributed by atoms with E-state index in [0.717, 1.165) is 37.8 Å². The van der Waals surface area contributed by atoms with Gasteiger partial charge >= 0.3 is 0 Å². The highest BCUT2D eigenvalue weighted by molar-refractivity contribution is 7.89. The Morgan fingerprint density at radius 3 is 2.62 bits per heavy atom. The van der Waals surface area contributed by atoms with Crippen LogP contribution in [0.1, 0.15) is 39.5 Å². The zero-order chi connectivity index (χ0) is 15.5. The van der Waals surface area contributed by atoms with Crippen LogP contribution in [-0.4, -0.2) is 26.5 Å². The molecule has 2 heterocycles. The van der Waals surface area contributed by atoms with Gasteiger partial charge in [0.2, 0.25) is 10.0 Å². The fraction of sp³-hybridized carbons (Fsp3) is 0.667. The molecule has 0 unspecified atom stereocenters. The van der Waals surface area contributed by atoms with Gasteiger partial charge in [0, 0.05) is 19.3 Å². The van der Waals surface area contributed by atoms with Crippen LogP contribution in [0, 0.1) is 11.8 Å². The molecule has 1 aromatic heterocycles. The first-order valence-corrected chi connectivity index (χ1v) is 9.15. The molecule has 5 nitrogen and oxygen atoms in total. The van der Waals surface area contributed by atoms with Crippen molar-refractivity contribution in [2.45, 2.75) is 44.4 Å². The smallest absolute Gasteiger partial charge is 0.241 e. The van der Waals surface area contributed by atoms with Gasteiger partial charge in [0.15, 0.2) is 0 Å². The van der Waals surface area contributed by atoms with Crippen LogP contribution in [0.5, 0.6) is 0 Å². The van der Waals surface area contributed by atoms with Crippen molar-refractivity contribution in [1.82, 2.24) is 4.98 Å². The molecule has 2 N–H and O–H groups in total. The van der Waals surface area contributed by atoms with Gasteiger partial charge in [0.1, 0.15) is 10.7 Å². The third-order valence-electron chi connectivity index (χ3n) is 4.12. The van der Waals surface area contributed by atoms with Crippen molar-refractivity contribution in [2.75, 3.05) is 18.0 Å². The summed E-state index contributed by atoms with van der Waals surface area (Å²) >= 11 is 0. The van der Waals surface area contributed by atoms with Gasteiger partial charge in [0.05, 0.1) is 0 Å². The van der Waals surface area contributed by atoms with Gasteiger partial charge < -0.3 is 4.90 Å². The van der Waals surface area contributed by atoms with Crippen LogP contribution in [-0.2, 0) is 10.0 Å². The number of hydrogen-bond acceptors (Lipinski definition) is 4. The van der Waals surface area contributed by atoms with Gasteiger partial charge in [-0.25, -0.2) is 18.5 Å². The minimum atomic E-state index is -3.72. The van der Waals surface area contributed by atoms with E-state index in [2.05, 4.69) is 18.8 Å². The SMILES string of the molecule is CC(C)CCC1CCN(c2ncccc2S(N)(=O)=O)CC1. The van der Waals surface area contributed by atoms with E-state index in [9.17, 15) is 8.42 Å². The number of pyridine rings is 1. The summed E-state index contributed by atoms with van der Waals surface area (Å²) in [5, 5.41) is 5.28. The van der Waals surface area contributed by atoms with Gasteiger partial charge in [-0.1, -0.05) is 26.7 Å². The Kier molecular flexibility index (Phi) is 5.22. The molecule has 1 aromatic rings. The second kappa shape index (κ2) is 6.75. The van der Waals surface area contributed by atoms with Crippen LogP contribution in [0.2, 0.25) is 0 Å². The van der Waals surface area contributed by atoms with Crippen LogP contribution < -0.4 is 10.0 Å². The summed E-state index contributed by atoms with van der Waals surface area (Å²) in [5.41, 5.74) is 0. The number of anilines is 1. The number of nitrogens with two attached hydrogens (primary N) is 1. The average molecular weight is 311 g/mol. The van der Waals surface area contributed by atoms with Crippen LogP contribution in [0.4, 0.5) is 5.82 Å². The van der Waals surface area contributed by atoms with E-state index >= 15 is 0 Å². The van der Waals surface area contributed by atoms with E-state index in [1.54, 1.807) is 12.3 Å². The second-order valence-corrected chi connectivity index (χ2v) is 7.80. The predicted molar refractivity (Wildman–Crippen MR) is 84.6 cm³/mol. The number of rotatable bonds is 5. The molecule has 1 saturated heterocycles. The quantitative estimate of drug-likeness (QED) is 0.906. The Hall–Kier alpha value is -1.14. The number of aromatic nitrogens is 1. The molecule has 1 aliphatic heterocycles. The van der Waals surface area contributed by atoms with Gasteiger partial charge in [-0.3, -0.25) is 0 Å². The number of piperidine rings is 1. The largest absolute Gasteiger partial charge is 0.355 e. The van der Waals surface area contributed by atoms with Gasteiger partial charge in [0.25, 0.3) is 0 Å². The fourth-order valence-electron chi connectivity index (χ4n) is 2.84. The molecule has 0 bridgehead atoms. The van der Waals surface area contributed by atoms with Crippen molar-refractivity contribution in [2.24, 2.45) is 17.0 Å². The lowest BCUT2D eigenvalue weighted by Gasteiger charge is -2.33. The molecule has 0 saturated carbocycles. The maximum Gasteiger partial charge on any atom is 0.241 e. The van der Waals surface area contributed by atoms with Crippen molar-refractivity contribution in [3.63, 3.8) is 0 Å². The fourth-order valence-corrected chi connectivity index (χ4v) is 3.55. The highest BCUT2D eigenvalue weighted by Crippen LogP contribution is 2.29. The van der Waals surface area contributed by atoms with E-state index in [4.69, 9.17) is 5.14 Å². The monoisotopic (exact) mass is 311 g/mol. The van der Waals surface area contributed by atoms with Crippen LogP contribution >= 0.6 is 0 Å². The van der Waals surface area contributed by atoms with Crippen LogP contribution in [0.25, 0.3) is 0 Å². The van der Waals surface area contributed by atoms with Crippen LogP contribution in [0.3, 0.4) is 0 Å². The summed E-state index contributed by atoms with van der Waals surface area (Å²) in [6.07, 6.45) is 6.32. The molecule has 0 aromatic carbocycles. The highest BCUT2D eigenvalue weighted by atomic mass is 32.2. The van der Waals surface area contributed by atoms with Crippen molar-refractivity contribution >= 4 is 15.8 Å². The first-order valence-electron chi connectivity index (χ1n) is 7.60. The maximum absolute atomic E-state index is 11.6. The molecule has 1 fully saturated rings. The lowest BCUT2D eigenvalue weighted by Crippen LogP contribution is -2.35. The Labute approximate surface area is 127 Å². The molecule has 0 atom stereocenters. The first kappa shape index (κ1) is 16.2. The Bertz CT molecular complexity index is 564. The van der Waals surface area contributed by atoms with Gasteiger partial charge in [-0.15, -0.1) is 0 Å². The third-order valence-corrected chi connectivity index (χ3v) is 5.06. The number of primary sulfonamides is 1. The molecular formula is C15H25N3O2S. The van der Waals surface area contributed by atoms with E-state index in [1.807, 2.05) is 4.90 Å². The van der Waals surface area contributed by atoms with Crippen molar-refractivity contribution in [3.05, 3.63) is 18.3 Å².